The zero-order chi connectivity index (χ0) is 14.7. The van der Waals surface area contributed by atoms with Gasteiger partial charge < -0.3 is 10.2 Å². The van der Waals surface area contributed by atoms with Crippen LogP contribution in [0.3, 0.4) is 0 Å². The number of nitrogens with zero attached hydrogens (tertiary/aromatic N) is 3. The average Bonchev–Trinajstić information content (AvgIpc) is 2.96. The summed E-state index contributed by atoms with van der Waals surface area (Å²) in [5, 5.41) is 8.63. The van der Waals surface area contributed by atoms with Gasteiger partial charge >= 0.3 is 0 Å². The van der Waals surface area contributed by atoms with E-state index < -0.39 is 0 Å². The molecule has 0 amide bonds. The molecule has 0 unspecified atom stereocenters. The predicted octanol–water partition coefficient (Wildman–Crippen LogP) is 3.66. The van der Waals surface area contributed by atoms with Gasteiger partial charge in [0.25, 0.3) is 0 Å². The number of aromatic nitrogens is 3. The van der Waals surface area contributed by atoms with Crippen molar-refractivity contribution in [3.05, 3.63) is 53.5 Å². The first-order valence-corrected chi connectivity index (χ1v) is 7.50. The van der Waals surface area contributed by atoms with Crippen LogP contribution in [0.2, 0.25) is 5.02 Å². The van der Waals surface area contributed by atoms with Gasteiger partial charge in [0.15, 0.2) is 0 Å². The first kappa shape index (κ1) is 13.9. The summed E-state index contributed by atoms with van der Waals surface area (Å²) in [5.74, 6) is 2.01. The van der Waals surface area contributed by atoms with E-state index in [4.69, 9.17) is 21.8 Å². The Labute approximate surface area is 130 Å². The van der Waals surface area contributed by atoms with Crippen LogP contribution < -0.4 is 5.73 Å². The van der Waals surface area contributed by atoms with E-state index in [1.54, 1.807) is 30.1 Å². The SMILES string of the molecule is Nc1ccc(SCc2nnc(-c3ccccc3Cl)o2)cn1. The molecule has 0 fully saturated rings. The number of nitrogen functional groups attached to an aromatic ring is 1. The monoisotopic (exact) mass is 318 g/mol. The fourth-order valence-corrected chi connectivity index (χ4v) is 2.59. The molecule has 0 aliphatic rings. The van der Waals surface area contributed by atoms with Gasteiger partial charge in [0.2, 0.25) is 11.8 Å². The quantitative estimate of drug-likeness (QED) is 0.740. The van der Waals surface area contributed by atoms with Crippen molar-refractivity contribution < 1.29 is 4.42 Å². The van der Waals surface area contributed by atoms with Crippen molar-refractivity contribution in [1.82, 2.24) is 15.2 Å². The van der Waals surface area contributed by atoms with Crippen LogP contribution >= 0.6 is 23.4 Å². The smallest absolute Gasteiger partial charge is 0.249 e. The van der Waals surface area contributed by atoms with Crippen molar-refractivity contribution in [2.24, 2.45) is 0 Å². The van der Waals surface area contributed by atoms with E-state index in [-0.39, 0.29) is 0 Å². The lowest BCUT2D eigenvalue weighted by Crippen LogP contribution is -1.88. The van der Waals surface area contributed by atoms with Gasteiger partial charge in [-0.15, -0.1) is 22.0 Å². The summed E-state index contributed by atoms with van der Waals surface area (Å²) in [4.78, 5) is 5.02. The number of halogens is 1. The third-order valence-corrected chi connectivity index (χ3v) is 3.99. The Morgan fingerprint density at radius 1 is 1.14 bits per heavy atom. The van der Waals surface area contributed by atoms with E-state index in [2.05, 4.69) is 15.2 Å². The first-order valence-electron chi connectivity index (χ1n) is 6.14. The van der Waals surface area contributed by atoms with Gasteiger partial charge in [-0.1, -0.05) is 23.7 Å². The molecule has 0 saturated heterocycles. The Balaban J connectivity index is 1.71. The number of pyridine rings is 1. The van der Waals surface area contributed by atoms with Crippen molar-refractivity contribution in [3.8, 4) is 11.5 Å². The highest BCUT2D eigenvalue weighted by Gasteiger charge is 2.11. The van der Waals surface area contributed by atoms with E-state index in [1.165, 1.54) is 0 Å². The normalized spacial score (nSPS) is 10.7. The van der Waals surface area contributed by atoms with Gasteiger partial charge in [0.1, 0.15) is 5.82 Å². The van der Waals surface area contributed by atoms with E-state index in [1.807, 2.05) is 24.3 Å². The van der Waals surface area contributed by atoms with Crippen LogP contribution in [0.1, 0.15) is 5.89 Å². The molecule has 1 aromatic carbocycles. The molecule has 0 aliphatic heterocycles. The molecule has 3 rings (SSSR count). The van der Waals surface area contributed by atoms with Crippen molar-refractivity contribution in [1.29, 1.82) is 0 Å². The van der Waals surface area contributed by atoms with Crippen LogP contribution in [0.4, 0.5) is 5.82 Å². The Bertz CT molecular complexity index is 745. The van der Waals surface area contributed by atoms with Crippen LogP contribution in [0, 0.1) is 0 Å². The molecule has 0 radical (unpaired) electrons. The number of thioether (sulfide) groups is 1. The summed E-state index contributed by atoms with van der Waals surface area (Å²) in [7, 11) is 0. The van der Waals surface area contributed by atoms with E-state index >= 15 is 0 Å². The zero-order valence-corrected chi connectivity index (χ0v) is 12.4. The van der Waals surface area contributed by atoms with Gasteiger partial charge in [0.05, 0.1) is 16.3 Å². The lowest BCUT2D eigenvalue weighted by atomic mass is 10.2. The van der Waals surface area contributed by atoms with Crippen LogP contribution in [0.5, 0.6) is 0 Å². The molecule has 0 aliphatic carbocycles. The Morgan fingerprint density at radius 3 is 2.76 bits per heavy atom. The molecule has 106 valence electrons. The number of hydrogen-bond acceptors (Lipinski definition) is 6. The van der Waals surface area contributed by atoms with Gasteiger partial charge in [0, 0.05) is 11.1 Å². The largest absolute Gasteiger partial charge is 0.420 e. The molecule has 2 N–H and O–H groups in total. The summed E-state index contributed by atoms with van der Waals surface area (Å²) in [5.41, 5.74) is 6.28. The highest BCUT2D eigenvalue weighted by Crippen LogP contribution is 2.28. The average molecular weight is 319 g/mol. The molecule has 3 aromatic rings. The first-order chi connectivity index (χ1) is 10.2. The Morgan fingerprint density at radius 2 is 2.00 bits per heavy atom. The Hall–Kier alpha value is -2.05. The maximum absolute atomic E-state index is 6.10. The zero-order valence-electron chi connectivity index (χ0n) is 10.9. The minimum absolute atomic E-state index is 0.423. The van der Waals surface area contributed by atoms with E-state index in [9.17, 15) is 0 Å². The second kappa shape index (κ2) is 6.15. The van der Waals surface area contributed by atoms with Crippen LogP contribution in [0.25, 0.3) is 11.5 Å². The molecule has 0 spiro atoms. The van der Waals surface area contributed by atoms with Crippen molar-refractivity contribution >= 4 is 29.2 Å². The number of anilines is 1. The molecule has 2 heterocycles. The second-order valence-electron chi connectivity index (χ2n) is 4.19. The minimum Gasteiger partial charge on any atom is -0.420 e. The molecule has 2 aromatic heterocycles. The molecular weight excluding hydrogens is 308 g/mol. The molecular formula is C14H11ClN4OS. The van der Waals surface area contributed by atoms with Gasteiger partial charge in [-0.05, 0) is 24.3 Å². The minimum atomic E-state index is 0.423. The fraction of sp³-hybridized carbons (Fsp3) is 0.0714. The maximum atomic E-state index is 6.10. The summed E-state index contributed by atoms with van der Waals surface area (Å²) in [6.45, 7) is 0. The predicted molar refractivity (Wildman–Crippen MR) is 83.0 cm³/mol. The van der Waals surface area contributed by atoms with E-state index in [0.29, 0.717) is 28.4 Å². The van der Waals surface area contributed by atoms with Crippen molar-refractivity contribution in [2.45, 2.75) is 10.6 Å². The molecule has 0 saturated carbocycles. The van der Waals surface area contributed by atoms with Crippen LogP contribution in [-0.2, 0) is 5.75 Å². The number of hydrogen-bond donors (Lipinski definition) is 1. The van der Waals surface area contributed by atoms with Crippen molar-refractivity contribution in [2.75, 3.05) is 5.73 Å². The number of nitrogens with two attached hydrogens (primary N) is 1. The third-order valence-electron chi connectivity index (χ3n) is 2.69. The van der Waals surface area contributed by atoms with Gasteiger partial charge in [-0.2, -0.15) is 0 Å². The van der Waals surface area contributed by atoms with Crippen molar-refractivity contribution in [3.63, 3.8) is 0 Å². The lowest BCUT2D eigenvalue weighted by Gasteiger charge is -1.99. The highest BCUT2D eigenvalue weighted by molar-refractivity contribution is 7.98. The van der Waals surface area contributed by atoms with Crippen LogP contribution in [-0.4, -0.2) is 15.2 Å². The van der Waals surface area contributed by atoms with Gasteiger partial charge in [-0.25, -0.2) is 4.98 Å². The number of rotatable bonds is 4. The molecule has 0 atom stereocenters. The van der Waals surface area contributed by atoms with Crippen LogP contribution in [0.15, 0.2) is 51.9 Å². The molecule has 0 bridgehead atoms. The van der Waals surface area contributed by atoms with Gasteiger partial charge in [-0.3, -0.25) is 0 Å². The number of benzene rings is 1. The second-order valence-corrected chi connectivity index (χ2v) is 5.64. The summed E-state index contributed by atoms with van der Waals surface area (Å²) >= 11 is 7.65. The maximum Gasteiger partial charge on any atom is 0.249 e. The fourth-order valence-electron chi connectivity index (χ4n) is 1.68. The summed E-state index contributed by atoms with van der Waals surface area (Å²) in [6.07, 6.45) is 1.71. The van der Waals surface area contributed by atoms with E-state index in [0.717, 1.165) is 10.5 Å². The Kier molecular flexibility index (Phi) is 4.08. The molecule has 5 nitrogen and oxygen atoms in total. The molecule has 21 heavy (non-hydrogen) atoms. The topological polar surface area (TPSA) is 77.8 Å². The summed E-state index contributed by atoms with van der Waals surface area (Å²) < 4.78 is 5.62. The third kappa shape index (κ3) is 3.34. The molecule has 7 heteroatoms. The lowest BCUT2D eigenvalue weighted by molar-refractivity contribution is 0.528. The standard InChI is InChI=1S/C14H11ClN4OS/c15-11-4-2-1-3-10(11)14-19-18-13(20-14)8-21-9-5-6-12(16)17-7-9/h1-7H,8H2,(H2,16,17). The summed E-state index contributed by atoms with van der Waals surface area (Å²) in [6, 6.07) is 11.0. The highest BCUT2D eigenvalue weighted by atomic mass is 35.5.